The Balaban J connectivity index is 2.07. The third-order valence-electron chi connectivity index (χ3n) is 2.66. The molecule has 0 unspecified atom stereocenters. The lowest BCUT2D eigenvalue weighted by Crippen LogP contribution is -2.19. The molecule has 1 aromatic carbocycles. The molecule has 110 valence electrons. The van der Waals surface area contributed by atoms with E-state index in [-0.39, 0.29) is 23.7 Å². The summed E-state index contributed by atoms with van der Waals surface area (Å²) in [6.45, 7) is 1.75. The molecule has 0 aliphatic carbocycles. The van der Waals surface area contributed by atoms with Crippen LogP contribution in [0.5, 0.6) is 5.75 Å². The lowest BCUT2D eigenvalue weighted by molar-refractivity contribution is -0.384. The number of benzene rings is 1. The minimum atomic E-state index is -0.630. The second-order valence-electron chi connectivity index (χ2n) is 4.27. The number of aromatic hydroxyl groups is 1. The number of nitro groups is 1. The number of carbonyl (C=O) groups is 1. The van der Waals surface area contributed by atoms with Crippen molar-refractivity contribution in [1.82, 2.24) is 9.78 Å². The van der Waals surface area contributed by atoms with Crippen LogP contribution in [0.25, 0.3) is 0 Å². The largest absolute Gasteiger partial charge is 0.506 e. The van der Waals surface area contributed by atoms with Crippen LogP contribution in [0.2, 0.25) is 0 Å². The Hall–Kier alpha value is -2.42. The van der Waals surface area contributed by atoms with Gasteiger partial charge in [0.2, 0.25) is 5.91 Å². The molecule has 0 spiro atoms. The van der Waals surface area contributed by atoms with Crippen molar-refractivity contribution in [2.75, 3.05) is 5.32 Å². The summed E-state index contributed by atoms with van der Waals surface area (Å²) in [7, 11) is 0. The van der Waals surface area contributed by atoms with Crippen molar-refractivity contribution in [2.45, 2.75) is 13.5 Å². The fraction of sp³-hybridized carbons (Fsp3) is 0.167. The molecular weight excluding hydrogens is 344 g/mol. The van der Waals surface area contributed by atoms with Crippen LogP contribution >= 0.6 is 15.9 Å². The predicted octanol–water partition coefficient (Wildman–Crippen LogP) is 2.21. The van der Waals surface area contributed by atoms with Gasteiger partial charge >= 0.3 is 0 Å². The smallest absolute Gasteiger partial charge is 0.273 e. The second kappa shape index (κ2) is 5.92. The molecule has 0 saturated heterocycles. The summed E-state index contributed by atoms with van der Waals surface area (Å²) in [5.41, 5.74) is 0.603. The molecule has 0 fully saturated rings. The van der Waals surface area contributed by atoms with Crippen LogP contribution < -0.4 is 5.32 Å². The number of hydrogen-bond donors (Lipinski definition) is 2. The van der Waals surface area contributed by atoms with E-state index < -0.39 is 10.8 Å². The fourth-order valence-electron chi connectivity index (χ4n) is 1.65. The Morgan fingerprint density at radius 2 is 2.29 bits per heavy atom. The summed E-state index contributed by atoms with van der Waals surface area (Å²) in [5.74, 6) is -0.774. The van der Waals surface area contributed by atoms with Crippen LogP contribution in [0.1, 0.15) is 5.69 Å². The predicted molar refractivity (Wildman–Crippen MR) is 78.1 cm³/mol. The van der Waals surface area contributed by atoms with Gasteiger partial charge in [-0.15, -0.1) is 0 Å². The lowest BCUT2D eigenvalue weighted by Gasteiger charge is -2.07. The quantitative estimate of drug-likeness (QED) is 0.496. The van der Waals surface area contributed by atoms with E-state index in [1.807, 2.05) is 0 Å². The van der Waals surface area contributed by atoms with Gasteiger partial charge in [0.1, 0.15) is 12.3 Å². The van der Waals surface area contributed by atoms with Gasteiger partial charge in [0, 0.05) is 12.3 Å². The van der Waals surface area contributed by atoms with E-state index in [9.17, 15) is 20.0 Å². The number of amides is 1. The Bertz CT molecular complexity index is 694. The van der Waals surface area contributed by atoms with Gasteiger partial charge in [-0.2, -0.15) is 5.10 Å². The van der Waals surface area contributed by atoms with E-state index in [0.29, 0.717) is 0 Å². The molecule has 21 heavy (non-hydrogen) atoms. The summed E-state index contributed by atoms with van der Waals surface area (Å²) < 4.78 is 2.23. The van der Waals surface area contributed by atoms with Gasteiger partial charge in [-0.3, -0.25) is 19.6 Å². The first-order valence-electron chi connectivity index (χ1n) is 5.83. The summed E-state index contributed by atoms with van der Waals surface area (Å²) in [4.78, 5) is 21.8. The molecule has 0 atom stereocenters. The Morgan fingerprint density at radius 1 is 1.57 bits per heavy atom. The Morgan fingerprint density at radius 3 is 2.81 bits per heavy atom. The van der Waals surface area contributed by atoms with Crippen LogP contribution in [-0.4, -0.2) is 25.7 Å². The maximum absolute atomic E-state index is 11.8. The number of phenolic OH excluding ortho intramolecular Hbond substituents is 1. The normalized spacial score (nSPS) is 10.4. The Labute approximate surface area is 127 Å². The van der Waals surface area contributed by atoms with Crippen molar-refractivity contribution in [3.8, 4) is 5.75 Å². The monoisotopic (exact) mass is 354 g/mol. The molecule has 9 heteroatoms. The van der Waals surface area contributed by atoms with Gasteiger partial charge < -0.3 is 10.4 Å². The maximum Gasteiger partial charge on any atom is 0.273 e. The minimum absolute atomic E-state index is 0.0388. The van der Waals surface area contributed by atoms with Gasteiger partial charge in [-0.05, 0) is 28.9 Å². The molecular formula is C12H11BrN4O4. The molecule has 2 N–H and O–H groups in total. The summed E-state index contributed by atoms with van der Waals surface area (Å²) >= 11 is 3.29. The summed E-state index contributed by atoms with van der Waals surface area (Å²) in [6, 6.07) is 3.45. The van der Waals surface area contributed by atoms with Crippen molar-refractivity contribution in [2.24, 2.45) is 0 Å². The first-order chi connectivity index (χ1) is 9.86. The average molecular weight is 355 g/mol. The van der Waals surface area contributed by atoms with Crippen molar-refractivity contribution in [1.29, 1.82) is 0 Å². The molecule has 8 nitrogen and oxygen atoms in total. The van der Waals surface area contributed by atoms with Crippen molar-refractivity contribution in [3.63, 3.8) is 0 Å². The van der Waals surface area contributed by atoms with Crippen LogP contribution in [0.3, 0.4) is 0 Å². The number of carbonyl (C=O) groups excluding carboxylic acids is 1. The van der Waals surface area contributed by atoms with E-state index in [4.69, 9.17) is 0 Å². The van der Waals surface area contributed by atoms with Gasteiger partial charge in [-0.1, -0.05) is 0 Å². The number of nitrogens with zero attached hydrogens (tertiary/aromatic N) is 3. The molecule has 1 heterocycles. The highest BCUT2D eigenvalue weighted by molar-refractivity contribution is 9.10. The zero-order chi connectivity index (χ0) is 15.6. The highest BCUT2D eigenvalue weighted by atomic mass is 79.9. The third-order valence-corrected chi connectivity index (χ3v) is 3.44. The molecule has 0 radical (unpaired) electrons. The number of nitrogens with one attached hydrogen (secondary N) is 1. The standard InChI is InChI=1S/C12H11BrN4O4/c1-7-9(13)5-16(15-7)6-12(19)14-10-3-2-8(17(20)21)4-11(10)18/h2-5,18H,6H2,1H3,(H,14,19). The van der Waals surface area contributed by atoms with E-state index in [0.717, 1.165) is 16.2 Å². The summed E-state index contributed by atoms with van der Waals surface area (Å²) in [5, 5.41) is 26.8. The molecule has 1 aromatic heterocycles. The van der Waals surface area contributed by atoms with E-state index in [1.54, 1.807) is 13.1 Å². The van der Waals surface area contributed by atoms with Crippen LogP contribution in [-0.2, 0) is 11.3 Å². The van der Waals surface area contributed by atoms with Gasteiger partial charge in [-0.25, -0.2) is 0 Å². The molecule has 0 aliphatic heterocycles. The minimum Gasteiger partial charge on any atom is -0.506 e. The van der Waals surface area contributed by atoms with Gasteiger partial charge in [0.25, 0.3) is 5.69 Å². The number of non-ortho nitro benzene ring substituents is 1. The molecule has 2 rings (SSSR count). The SMILES string of the molecule is Cc1nn(CC(=O)Nc2ccc([N+](=O)[O-])cc2O)cc1Br. The van der Waals surface area contributed by atoms with Gasteiger partial charge in [0.05, 0.1) is 26.8 Å². The third kappa shape index (κ3) is 3.57. The number of rotatable bonds is 4. The van der Waals surface area contributed by atoms with E-state index >= 15 is 0 Å². The zero-order valence-corrected chi connectivity index (χ0v) is 12.5. The number of aryl methyl sites for hydroxylation is 1. The topological polar surface area (TPSA) is 110 Å². The first kappa shape index (κ1) is 15.0. The molecule has 2 aromatic rings. The molecule has 0 saturated carbocycles. The molecule has 0 bridgehead atoms. The molecule has 1 amide bonds. The average Bonchev–Trinajstić information content (AvgIpc) is 2.70. The van der Waals surface area contributed by atoms with Crippen molar-refractivity contribution < 1.29 is 14.8 Å². The fourth-order valence-corrected chi connectivity index (χ4v) is 1.97. The van der Waals surface area contributed by atoms with Gasteiger partial charge in [0.15, 0.2) is 0 Å². The van der Waals surface area contributed by atoms with Crippen LogP contribution in [0.4, 0.5) is 11.4 Å². The summed E-state index contributed by atoms with van der Waals surface area (Å²) in [6.07, 6.45) is 1.66. The van der Waals surface area contributed by atoms with E-state index in [1.165, 1.54) is 16.8 Å². The lowest BCUT2D eigenvalue weighted by atomic mass is 10.2. The number of phenols is 1. The highest BCUT2D eigenvalue weighted by Gasteiger charge is 2.13. The van der Waals surface area contributed by atoms with Crippen molar-refractivity contribution >= 4 is 33.2 Å². The Kier molecular flexibility index (Phi) is 4.22. The van der Waals surface area contributed by atoms with Crippen LogP contribution in [0.15, 0.2) is 28.9 Å². The number of halogens is 1. The first-order valence-corrected chi connectivity index (χ1v) is 6.63. The number of aromatic nitrogens is 2. The maximum atomic E-state index is 11.8. The highest BCUT2D eigenvalue weighted by Crippen LogP contribution is 2.27. The number of nitro benzene ring substituents is 1. The van der Waals surface area contributed by atoms with Crippen molar-refractivity contribution in [3.05, 3.63) is 44.7 Å². The number of hydrogen-bond acceptors (Lipinski definition) is 5. The molecule has 0 aliphatic rings. The van der Waals surface area contributed by atoms with E-state index in [2.05, 4.69) is 26.3 Å². The zero-order valence-electron chi connectivity index (χ0n) is 10.9. The second-order valence-corrected chi connectivity index (χ2v) is 5.12. The van der Waals surface area contributed by atoms with Crippen LogP contribution in [0, 0.1) is 17.0 Å². The number of anilines is 1.